The van der Waals surface area contributed by atoms with Gasteiger partial charge >= 0.3 is 0 Å². The van der Waals surface area contributed by atoms with Gasteiger partial charge in [0.2, 0.25) is 5.91 Å². The van der Waals surface area contributed by atoms with Crippen molar-refractivity contribution in [2.45, 2.75) is 11.3 Å². The number of carbonyl (C=O) groups excluding carboxylic acids is 1. The maximum atomic E-state index is 12.3. The molecule has 0 heterocycles. The van der Waals surface area contributed by atoms with Crippen molar-refractivity contribution in [3.63, 3.8) is 0 Å². The summed E-state index contributed by atoms with van der Waals surface area (Å²) in [6.45, 7) is 0. The number of hydrogen-bond acceptors (Lipinski definition) is 4. The van der Waals surface area contributed by atoms with Gasteiger partial charge in [0.1, 0.15) is 11.5 Å². The molecule has 1 amide bonds. The standard InChI is InChI=1S/C21H18ClNO4S/c22-16-6-12-20(13-7-16)28(25,26)15-14-21(24)23-17-8-10-19(11-9-17)27-18-4-2-1-3-5-18/h1-13H,14-15H2,(H,23,24). The average molecular weight is 416 g/mol. The molecule has 0 saturated heterocycles. The number of amides is 1. The smallest absolute Gasteiger partial charge is 0.225 e. The minimum Gasteiger partial charge on any atom is -0.457 e. The van der Waals surface area contributed by atoms with Crippen LogP contribution in [0.4, 0.5) is 5.69 Å². The molecule has 144 valence electrons. The third-order valence-electron chi connectivity index (χ3n) is 3.89. The number of halogens is 1. The topological polar surface area (TPSA) is 72.5 Å². The molecule has 1 N–H and O–H groups in total. The van der Waals surface area contributed by atoms with E-state index in [9.17, 15) is 13.2 Å². The summed E-state index contributed by atoms with van der Waals surface area (Å²) in [6.07, 6.45) is -0.146. The highest BCUT2D eigenvalue weighted by molar-refractivity contribution is 7.91. The number of hydrogen-bond donors (Lipinski definition) is 1. The number of ether oxygens (including phenoxy) is 1. The normalized spacial score (nSPS) is 11.0. The summed E-state index contributed by atoms with van der Waals surface area (Å²) >= 11 is 5.77. The molecule has 7 heteroatoms. The number of benzene rings is 3. The molecule has 0 saturated carbocycles. The van der Waals surface area contributed by atoms with E-state index in [1.54, 1.807) is 24.3 Å². The lowest BCUT2D eigenvalue weighted by molar-refractivity contribution is -0.115. The van der Waals surface area contributed by atoms with Gasteiger partial charge in [-0.2, -0.15) is 0 Å². The van der Waals surface area contributed by atoms with Crippen molar-refractivity contribution in [1.29, 1.82) is 0 Å². The fraction of sp³-hybridized carbons (Fsp3) is 0.0952. The fourth-order valence-electron chi connectivity index (χ4n) is 2.44. The van der Waals surface area contributed by atoms with Crippen LogP contribution in [0.25, 0.3) is 0 Å². The van der Waals surface area contributed by atoms with E-state index in [4.69, 9.17) is 16.3 Å². The zero-order chi connectivity index (χ0) is 20.0. The van der Waals surface area contributed by atoms with Crippen LogP contribution in [-0.2, 0) is 14.6 Å². The molecule has 3 aromatic rings. The van der Waals surface area contributed by atoms with Crippen LogP contribution in [0.1, 0.15) is 6.42 Å². The van der Waals surface area contributed by atoms with Crippen LogP contribution in [0.5, 0.6) is 11.5 Å². The second-order valence-electron chi connectivity index (χ2n) is 6.01. The third-order valence-corrected chi connectivity index (χ3v) is 5.87. The van der Waals surface area contributed by atoms with Crippen LogP contribution >= 0.6 is 11.6 Å². The van der Waals surface area contributed by atoms with Gasteiger partial charge in [0, 0.05) is 17.1 Å². The Balaban J connectivity index is 1.54. The maximum Gasteiger partial charge on any atom is 0.225 e. The maximum absolute atomic E-state index is 12.3. The van der Waals surface area contributed by atoms with Gasteiger partial charge in [-0.3, -0.25) is 4.79 Å². The van der Waals surface area contributed by atoms with E-state index in [2.05, 4.69) is 5.32 Å². The summed E-state index contributed by atoms with van der Waals surface area (Å²) in [5, 5.41) is 3.14. The average Bonchev–Trinajstić information content (AvgIpc) is 2.69. The summed E-state index contributed by atoms with van der Waals surface area (Å²) < 4.78 is 30.2. The molecule has 0 radical (unpaired) electrons. The summed E-state index contributed by atoms with van der Waals surface area (Å²) in [5.41, 5.74) is 0.564. The van der Waals surface area contributed by atoms with Gasteiger partial charge < -0.3 is 10.1 Å². The van der Waals surface area contributed by atoms with E-state index < -0.39 is 9.84 Å². The zero-order valence-corrected chi connectivity index (χ0v) is 16.4. The van der Waals surface area contributed by atoms with Crippen molar-refractivity contribution in [2.24, 2.45) is 0 Å². The fourth-order valence-corrected chi connectivity index (χ4v) is 3.81. The van der Waals surface area contributed by atoms with Crippen molar-refractivity contribution in [2.75, 3.05) is 11.1 Å². The Morgan fingerprint density at radius 1 is 0.857 bits per heavy atom. The van der Waals surface area contributed by atoms with Gasteiger partial charge in [-0.25, -0.2) is 8.42 Å². The largest absolute Gasteiger partial charge is 0.457 e. The lowest BCUT2D eigenvalue weighted by atomic mass is 10.3. The second-order valence-corrected chi connectivity index (χ2v) is 8.56. The van der Waals surface area contributed by atoms with Gasteiger partial charge in [-0.15, -0.1) is 0 Å². The molecule has 0 spiro atoms. The van der Waals surface area contributed by atoms with E-state index in [0.29, 0.717) is 22.2 Å². The molecule has 0 bridgehead atoms. The van der Waals surface area contributed by atoms with E-state index in [-0.39, 0.29) is 23.0 Å². The monoisotopic (exact) mass is 415 g/mol. The molecular formula is C21H18ClNO4S. The zero-order valence-electron chi connectivity index (χ0n) is 14.8. The first-order chi connectivity index (χ1) is 13.4. The Kier molecular flexibility index (Phi) is 6.34. The predicted molar refractivity (Wildman–Crippen MR) is 110 cm³/mol. The van der Waals surface area contributed by atoms with E-state index in [1.165, 1.54) is 24.3 Å². The first-order valence-electron chi connectivity index (χ1n) is 8.53. The molecule has 0 fully saturated rings. The van der Waals surface area contributed by atoms with Crippen molar-refractivity contribution in [1.82, 2.24) is 0 Å². The number of rotatable bonds is 7. The summed E-state index contributed by atoms with van der Waals surface area (Å²) in [4.78, 5) is 12.2. The number of carbonyl (C=O) groups is 1. The Bertz CT molecular complexity index is 1030. The number of sulfone groups is 1. The molecular weight excluding hydrogens is 398 g/mol. The van der Waals surface area contributed by atoms with Gasteiger partial charge in [-0.1, -0.05) is 29.8 Å². The van der Waals surface area contributed by atoms with E-state index >= 15 is 0 Å². The van der Waals surface area contributed by atoms with Crippen LogP contribution < -0.4 is 10.1 Å². The summed E-state index contributed by atoms with van der Waals surface area (Å²) in [5.74, 6) is 0.686. The Morgan fingerprint density at radius 3 is 2.11 bits per heavy atom. The van der Waals surface area contributed by atoms with Crippen molar-refractivity contribution in [3.8, 4) is 11.5 Å². The van der Waals surface area contributed by atoms with Gasteiger partial charge in [0.05, 0.1) is 10.6 Å². The van der Waals surface area contributed by atoms with Crippen LogP contribution in [-0.4, -0.2) is 20.1 Å². The molecule has 0 aliphatic heterocycles. The minimum absolute atomic E-state index is 0.145. The van der Waals surface area contributed by atoms with Crippen LogP contribution in [0.3, 0.4) is 0 Å². The van der Waals surface area contributed by atoms with E-state index in [0.717, 1.165) is 0 Å². The molecule has 0 aliphatic rings. The lowest BCUT2D eigenvalue weighted by Gasteiger charge is -2.08. The quantitative estimate of drug-likeness (QED) is 0.593. The number of anilines is 1. The molecule has 0 aliphatic carbocycles. The summed E-state index contributed by atoms with van der Waals surface area (Å²) in [7, 11) is -3.55. The first kappa shape index (κ1) is 19.9. The Morgan fingerprint density at radius 2 is 1.46 bits per heavy atom. The summed E-state index contributed by atoms with van der Waals surface area (Å²) in [6, 6.07) is 22.1. The Labute approximate surface area is 168 Å². The molecule has 0 unspecified atom stereocenters. The first-order valence-corrected chi connectivity index (χ1v) is 10.6. The highest BCUT2D eigenvalue weighted by Gasteiger charge is 2.16. The van der Waals surface area contributed by atoms with Gasteiger partial charge in [0.25, 0.3) is 0 Å². The van der Waals surface area contributed by atoms with E-state index in [1.807, 2.05) is 30.3 Å². The van der Waals surface area contributed by atoms with Crippen molar-refractivity contribution in [3.05, 3.63) is 83.9 Å². The van der Waals surface area contributed by atoms with Crippen molar-refractivity contribution >= 4 is 33.0 Å². The third kappa shape index (κ3) is 5.58. The molecule has 0 aromatic heterocycles. The highest BCUT2D eigenvalue weighted by atomic mass is 35.5. The van der Waals surface area contributed by atoms with Crippen molar-refractivity contribution < 1.29 is 17.9 Å². The Hall–Kier alpha value is -2.83. The van der Waals surface area contributed by atoms with Crippen LogP contribution in [0.15, 0.2) is 83.8 Å². The van der Waals surface area contributed by atoms with Crippen LogP contribution in [0, 0.1) is 0 Å². The van der Waals surface area contributed by atoms with Gasteiger partial charge in [0.15, 0.2) is 9.84 Å². The predicted octanol–water partition coefficient (Wildman–Crippen LogP) is 4.93. The molecule has 28 heavy (non-hydrogen) atoms. The van der Waals surface area contributed by atoms with Gasteiger partial charge in [-0.05, 0) is 60.7 Å². The lowest BCUT2D eigenvalue weighted by Crippen LogP contribution is -2.17. The number of nitrogens with one attached hydrogen (secondary N) is 1. The second kappa shape index (κ2) is 8.91. The molecule has 0 atom stereocenters. The van der Waals surface area contributed by atoms with Crippen LogP contribution in [0.2, 0.25) is 5.02 Å². The highest BCUT2D eigenvalue weighted by Crippen LogP contribution is 2.23. The SMILES string of the molecule is O=C(CCS(=O)(=O)c1ccc(Cl)cc1)Nc1ccc(Oc2ccccc2)cc1. The molecule has 5 nitrogen and oxygen atoms in total. The number of para-hydroxylation sites is 1. The molecule has 3 rings (SSSR count). The molecule has 3 aromatic carbocycles. The minimum atomic E-state index is -3.55.